The van der Waals surface area contributed by atoms with E-state index < -0.39 is 0 Å². The molecular formula is C7H18O2. The molecule has 0 aliphatic heterocycles. The topological polar surface area (TPSA) is 18.5 Å². The highest BCUT2D eigenvalue weighted by Crippen LogP contribution is 1.93. The van der Waals surface area contributed by atoms with Crippen molar-refractivity contribution in [1.29, 1.82) is 0 Å². The number of ether oxygens (including phenoxy) is 2. The van der Waals surface area contributed by atoms with Gasteiger partial charge in [0, 0.05) is 14.2 Å². The van der Waals surface area contributed by atoms with E-state index in [0.29, 0.717) is 0 Å². The molecule has 0 heterocycles. The Morgan fingerprint density at radius 1 is 1.11 bits per heavy atom. The molecule has 0 saturated carbocycles. The third-order valence-electron chi connectivity index (χ3n) is 0.859. The molecule has 58 valence electrons. The first-order valence-electron chi connectivity index (χ1n) is 3.40. The molecular weight excluding hydrogens is 116 g/mol. The van der Waals surface area contributed by atoms with Crippen molar-refractivity contribution in [3.63, 3.8) is 0 Å². The van der Waals surface area contributed by atoms with Gasteiger partial charge in [0.25, 0.3) is 0 Å². The van der Waals surface area contributed by atoms with Gasteiger partial charge >= 0.3 is 0 Å². The Morgan fingerprint density at radius 3 is 1.44 bits per heavy atom. The summed E-state index contributed by atoms with van der Waals surface area (Å²) in [6.07, 6.45) is 0.896. The molecule has 0 spiro atoms. The highest BCUT2D eigenvalue weighted by molar-refractivity contribution is 4.31. The Labute approximate surface area is 58.2 Å². The Balaban J connectivity index is 0. The van der Waals surface area contributed by atoms with Gasteiger partial charge in [-0.05, 0) is 6.42 Å². The second-order valence-electron chi connectivity index (χ2n) is 1.31. The van der Waals surface area contributed by atoms with Crippen LogP contribution < -0.4 is 0 Å². The Morgan fingerprint density at radius 2 is 1.44 bits per heavy atom. The van der Waals surface area contributed by atoms with Crippen molar-refractivity contribution in [1.82, 2.24) is 0 Å². The van der Waals surface area contributed by atoms with Crippen LogP contribution in [0.1, 0.15) is 27.2 Å². The van der Waals surface area contributed by atoms with Crippen LogP contribution in [-0.4, -0.2) is 20.5 Å². The molecule has 0 fully saturated rings. The van der Waals surface area contributed by atoms with Crippen LogP contribution in [0.2, 0.25) is 0 Å². The summed E-state index contributed by atoms with van der Waals surface area (Å²) in [5.74, 6) is 0. The maximum absolute atomic E-state index is 4.83. The predicted octanol–water partition coefficient (Wildman–Crippen LogP) is 2.04. The molecule has 0 bridgehead atoms. The number of methoxy groups -OCH3 is 2. The molecule has 0 rings (SSSR count). The van der Waals surface area contributed by atoms with Crippen LogP contribution in [0.4, 0.5) is 0 Å². The first-order chi connectivity index (χ1) is 4.35. The zero-order chi connectivity index (χ0) is 7.70. The van der Waals surface area contributed by atoms with E-state index in [-0.39, 0.29) is 6.29 Å². The van der Waals surface area contributed by atoms with Crippen molar-refractivity contribution in [3.8, 4) is 0 Å². The van der Waals surface area contributed by atoms with Gasteiger partial charge in [-0.1, -0.05) is 20.8 Å². The standard InChI is InChI=1S/C5H12O2.C2H6/c1-4-5(6-2)7-3;1-2/h5H,4H2,1-3H3;1-2H3. The summed E-state index contributed by atoms with van der Waals surface area (Å²) in [6.45, 7) is 6.01. The molecule has 0 atom stereocenters. The highest BCUT2D eigenvalue weighted by Gasteiger charge is 1.96. The predicted molar refractivity (Wildman–Crippen MR) is 39.4 cm³/mol. The third-order valence-corrected chi connectivity index (χ3v) is 0.859. The second-order valence-corrected chi connectivity index (χ2v) is 1.31. The van der Waals surface area contributed by atoms with E-state index in [1.807, 2.05) is 20.8 Å². The zero-order valence-corrected chi connectivity index (χ0v) is 7.10. The quantitative estimate of drug-likeness (QED) is 0.550. The minimum Gasteiger partial charge on any atom is -0.356 e. The van der Waals surface area contributed by atoms with Crippen molar-refractivity contribution < 1.29 is 9.47 Å². The molecule has 0 aromatic carbocycles. The van der Waals surface area contributed by atoms with Crippen LogP contribution in [0, 0.1) is 0 Å². The molecule has 0 amide bonds. The Kier molecular flexibility index (Phi) is 14.0. The smallest absolute Gasteiger partial charge is 0.156 e. The zero-order valence-electron chi connectivity index (χ0n) is 7.10. The Hall–Kier alpha value is -0.0800. The summed E-state index contributed by atoms with van der Waals surface area (Å²) in [5, 5.41) is 0. The fourth-order valence-electron chi connectivity index (χ4n) is 0.430. The van der Waals surface area contributed by atoms with Crippen molar-refractivity contribution >= 4 is 0 Å². The van der Waals surface area contributed by atoms with Gasteiger partial charge < -0.3 is 9.47 Å². The van der Waals surface area contributed by atoms with Crippen molar-refractivity contribution in [3.05, 3.63) is 0 Å². The molecule has 0 radical (unpaired) electrons. The van der Waals surface area contributed by atoms with E-state index in [1.54, 1.807) is 14.2 Å². The first-order valence-corrected chi connectivity index (χ1v) is 3.40. The second kappa shape index (κ2) is 10.8. The maximum Gasteiger partial charge on any atom is 0.156 e. The summed E-state index contributed by atoms with van der Waals surface area (Å²) in [5.41, 5.74) is 0. The summed E-state index contributed by atoms with van der Waals surface area (Å²) in [6, 6.07) is 0. The van der Waals surface area contributed by atoms with Gasteiger partial charge in [0.05, 0.1) is 0 Å². The molecule has 0 aliphatic carbocycles. The van der Waals surface area contributed by atoms with Gasteiger partial charge in [-0.15, -0.1) is 0 Å². The lowest BCUT2D eigenvalue weighted by Gasteiger charge is -2.08. The lowest BCUT2D eigenvalue weighted by Crippen LogP contribution is -2.10. The maximum atomic E-state index is 4.83. The first kappa shape index (κ1) is 11.7. The normalized spacial score (nSPS) is 8.67. The monoisotopic (exact) mass is 134 g/mol. The molecule has 0 aromatic heterocycles. The van der Waals surface area contributed by atoms with E-state index in [2.05, 4.69) is 0 Å². The van der Waals surface area contributed by atoms with Crippen molar-refractivity contribution in [2.24, 2.45) is 0 Å². The van der Waals surface area contributed by atoms with Gasteiger partial charge in [-0.3, -0.25) is 0 Å². The minimum absolute atomic E-state index is 0.0139. The summed E-state index contributed by atoms with van der Waals surface area (Å²) < 4.78 is 9.65. The van der Waals surface area contributed by atoms with Crippen LogP contribution in [0.25, 0.3) is 0 Å². The summed E-state index contributed by atoms with van der Waals surface area (Å²) in [7, 11) is 3.27. The van der Waals surface area contributed by atoms with Crippen LogP contribution in [-0.2, 0) is 9.47 Å². The fourth-order valence-corrected chi connectivity index (χ4v) is 0.430. The Bertz CT molecular complexity index is 28.4. The minimum atomic E-state index is -0.0139. The molecule has 2 heteroatoms. The molecule has 0 saturated heterocycles. The number of hydrogen-bond acceptors (Lipinski definition) is 2. The molecule has 0 unspecified atom stereocenters. The van der Waals surface area contributed by atoms with Crippen molar-refractivity contribution in [2.75, 3.05) is 14.2 Å². The fraction of sp³-hybridized carbons (Fsp3) is 1.00. The van der Waals surface area contributed by atoms with Crippen LogP contribution in [0.3, 0.4) is 0 Å². The molecule has 2 nitrogen and oxygen atoms in total. The van der Waals surface area contributed by atoms with E-state index in [1.165, 1.54) is 0 Å². The van der Waals surface area contributed by atoms with Crippen molar-refractivity contribution in [2.45, 2.75) is 33.5 Å². The third kappa shape index (κ3) is 7.92. The van der Waals surface area contributed by atoms with E-state index in [0.717, 1.165) is 6.42 Å². The van der Waals surface area contributed by atoms with Crippen LogP contribution in [0.5, 0.6) is 0 Å². The van der Waals surface area contributed by atoms with Gasteiger partial charge in [0.15, 0.2) is 6.29 Å². The SMILES string of the molecule is CC.CCC(OC)OC. The van der Waals surface area contributed by atoms with Gasteiger partial charge in [-0.25, -0.2) is 0 Å². The van der Waals surface area contributed by atoms with E-state index in [9.17, 15) is 0 Å². The van der Waals surface area contributed by atoms with E-state index in [4.69, 9.17) is 9.47 Å². The van der Waals surface area contributed by atoms with Gasteiger partial charge in [-0.2, -0.15) is 0 Å². The number of hydrogen-bond donors (Lipinski definition) is 0. The van der Waals surface area contributed by atoms with Crippen LogP contribution in [0.15, 0.2) is 0 Å². The van der Waals surface area contributed by atoms with E-state index >= 15 is 0 Å². The summed E-state index contributed by atoms with van der Waals surface area (Å²) >= 11 is 0. The molecule has 9 heavy (non-hydrogen) atoms. The lowest BCUT2D eigenvalue weighted by atomic mass is 10.5. The van der Waals surface area contributed by atoms with Crippen LogP contribution >= 0.6 is 0 Å². The molecule has 0 aliphatic rings. The molecule has 0 aromatic rings. The largest absolute Gasteiger partial charge is 0.356 e. The molecule has 0 N–H and O–H groups in total. The van der Waals surface area contributed by atoms with Gasteiger partial charge in [0.1, 0.15) is 0 Å². The average Bonchev–Trinajstić information content (AvgIpc) is 1.96. The van der Waals surface area contributed by atoms with Gasteiger partial charge in [0.2, 0.25) is 0 Å². The summed E-state index contributed by atoms with van der Waals surface area (Å²) in [4.78, 5) is 0. The highest BCUT2D eigenvalue weighted by atomic mass is 16.7. The lowest BCUT2D eigenvalue weighted by molar-refractivity contribution is -0.103. The average molecular weight is 134 g/mol. The number of rotatable bonds is 3.